The number of imidazole rings is 1. The molecule has 4 heterocycles. The second-order valence-electron chi connectivity index (χ2n) is 15.6. The molecule has 0 saturated heterocycles. The van der Waals surface area contributed by atoms with E-state index in [4.69, 9.17) is 15.0 Å². The molecule has 5 aromatic carbocycles. The van der Waals surface area contributed by atoms with Crippen LogP contribution in [-0.2, 0) is 31.9 Å². The Bertz CT molecular complexity index is 2740. The quantitative estimate of drug-likeness (QED) is 0.166. The van der Waals surface area contributed by atoms with Crippen molar-refractivity contribution >= 4 is 43.9 Å². The van der Waals surface area contributed by atoms with Crippen molar-refractivity contribution in [2.75, 3.05) is 0 Å². The van der Waals surface area contributed by atoms with Crippen molar-refractivity contribution < 1.29 is 21.1 Å². The number of benzene rings is 5. The first-order valence-electron chi connectivity index (χ1n) is 17.6. The second-order valence-corrected chi connectivity index (χ2v) is 15.6. The molecule has 0 radical (unpaired) electrons. The van der Waals surface area contributed by atoms with E-state index in [1.807, 2.05) is 18.2 Å². The Morgan fingerprint density at radius 1 is 0.577 bits per heavy atom. The van der Waals surface area contributed by atoms with Gasteiger partial charge in [-0.1, -0.05) is 149 Å². The molecule has 0 spiro atoms. The molecule has 52 heavy (non-hydrogen) atoms. The van der Waals surface area contributed by atoms with Crippen molar-refractivity contribution in [1.29, 1.82) is 0 Å². The summed E-state index contributed by atoms with van der Waals surface area (Å²) in [6, 6.07) is 48.7. The molecule has 0 saturated carbocycles. The first-order valence-corrected chi connectivity index (χ1v) is 17.6. The zero-order valence-electron chi connectivity index (χ0n) is 30.2. The monoisotopic (exact) mass is 856 g/mol. The van der Waals surface area contributed by atoms with Crippen molar-refractivity contribution in [1.82, 2.24) is 24.1 Å². The molecule has 0 bridgehead atoms. The molecule has 0 amide bonds. The Hall–Kier alpha value is -5.25. The van der Waals surface area contributed by atoms with Gasteiger partial charge in [-0.05, 0) is 62.5 Å². The van der Waals surface area contributed by atoms with Gasteiger partial charge < -0.3 is 14.1 Å². The van der Waals surface area contributed by atoms with E-state index in [2.05, 4.69) is 166 Å². The third-order valence-corrected chi connectivity index (χ3v) is 9.99. The molecule has 6 heteroatoms. The fraction of sp³-hybridized carbons (Fsp3) is 0.174. The van der Waals surface area contributed by atoms with Crippen LogP contribution >= 0.6 is 0 Å². The number of fused-ring (bicyclic) bond motifs is 5. The molecule has 9 aromatic rings. The molecular formula is C46H39N5Pt. The van der Waals surface area contributed by atoms with E-state index in [0.29, 0.717) is 0 Å². The normalized spacial score (nSPS) is 12.3. The Morgan fingerprint density at radius 2 is 1.29 bits per heavy atom. The summed E-state index contributed by atoms with van der Waals surface area (Å²) < 4.78 is 4.47. The molecule has 0 aliphatic rings. The Balaban J connectivity index is 0.00000387. The van der Waals surface area contributed by atoms with Crippen LogP contribution in [0.5, 0.6) is 0 Å². The smallest absolute Gasteiger partial charge is 0.435 e. The van der Waals surface area contributed by atoms with Gasteiger partial charge in [-0.3, -0.25) is 9.97 Å². The summed E-state index contributed by atoms with van der Waals surface area (Å²) in [5.74, 6) is 1.72. The van der Waals surface area contributed by atoms with Gasteiger partial charge in [0.1, 0.15) is 0 Å². The fourth-order valence-electron chi connectivity index (χ4n) is 7.17. The first kappa shape index (κ1) is 33.9. The maximum absolute atomic E-state index is 5.47. The summed E-state index contributed by atoms with van der Waals surface area (Å²) in [6.07, 6.45) is 0. The summed E-state index contributed by atoms with van der Waals surface area (Å²) in [5.41, 5.74) is 11.1. The maximum atomic E-state index is 5.47. The predicted molar refractivity (Wildman–Crippen MR) is 211 cm³/mol. The van der Waals surface area contributed by atoms with Crippen LogP contribution in [0.4, 0.5) is 0 Å². The molecule has 0 fully saturated rings. The molecule has 258 valence electrons. The van der Waals surface area contributed by atoms with Gasteiger partial charge in [-0.15, -0.1) is 23.8 Å². The SMILES string of the molecule is CC(C)(C)c1cc(-c2ccc3c4cc(C(C)(C)C)ccc4n(-c4cc5ccccc5[n-]4)c3n2)[c-]c(-c2nc3ccccc3n2-c2ccccc2)c1.[Pt+2]. The molecule has 0 unspecified atom stereocenters. The van der Waals surface area contributed by atoms with Gasteiger partial charge in [0.15, 0.2) is 0 Å². The maximum Gasteiger partial charge on any atom is 2.00 e. The van der Waals surface area contributed by atoms with Gasteiger partial charge in [0.2, 0.25) is 0 Å². The van der Waals surface area contributed by atoms with Gasteiger partial charge in [0.05, 0.1) is 22.5 Å². The third-order valence-electron chi connectivity index (χ3n) is 9.99. The average Bonchev–Trinajstić information content (AvgIpc) is 3.82. The zero-order chi connectivity index (χ0) is 35.1. The minimum absolute atomic E-state index is 0. The van der Waals surface area contributed by atoms with E-state index < -0.39 is 0 Å². The molecule has 0 aliphatic heterocycles. The third kappa shape index (κ3) is 5.68. The summed E-state index contributed by atoms with van der Waals surface area (Å²) in [4.78, 5) is 15.8. The Labute approximate surface area is 318 Å². The van der Waals surface area contributed by atoms with Gasteiger partial charge >= 0.3 is 21.1 Å². The largest absolute Gasteiger partial charge is 2.00 e. The number of pyridine rings is 1. The van der Waals surface area contributed by atoms with Crippen molar-refractivity contribution in [3.05, 3.63) is 145 Å². The molecular weight excluding hydrogens is 818 g/mol. The van der Waals surface area contributed by atoms with E-state index in [0.717, 1.165) is 72.6 Å². The van der Waals surface area contributed by atoms with Gasteiger partial charge in [-0.25, -0.2) is 0 Å². The van der Waals surface area contributed by atoms with Crippen LogP contribution in [-0.4, -0.2) is 19.1 Å². The van der Waals surface area contributed by atoms with Crippen molar-refractivity contribution in [3.63, 3.8) is 0 Å². The van der Waals surface area contributed by atoms with Crippen molar-refractivity contribution in [2.24, 2.45) is 0 Å². The average molecular weight is 857 g/mol. The Morgan fingerprint density at radius 3 is 2.06 bits per heavy atom. The van der Waals surface area contributed by atoms with Crippen molar-refractivity contribution in [3.8, 4) is 34.2 Å². The minimum Gasteiger partial charge on any atom is -0.435 e. The van der Waals surface area contributed by atoms with E-state index in [1.165, 1.54) is 16.5 Å². The number of hydrogen-bond acceptors (Lipinski definition) is 2. The molecule has 4 aromatic heterocycles. The number of hydrogen-bond donors (Lipinski definition) is 0. The summed E-state index contributed by atoms with van der Waals surface area (Å²) in [6.45, 7) is 13.5. The fourth-order valence-corrected chi connectivity index (χ4v) is 7.17. The summed E-state index contributed by atoms with van der Waals surface area (Å²) in [7, 11) is 0. The standard InChI is InChI=1S/C46H39N5.Pt/c1-45(2,3)32-20-23-40-36(28-32)35-21-22-38(48-44(35)51(40)42-27-29-14-10-11-17-37(29)47-42)30-24-31(26-33(25-30)46(4,5)6)43-49-39-18-12-13-19-41(39)50(43)34-15-8-7-9-16-34;/h7-23,25-28H,1-6H3;/q-2;+2. The molecule has 5 nitrogen and oxygen atoms in total. The van der Waals surface area contributed by atoms with Crippen molar-refractivity contribution in [2.45, 2.75) is 52.4 Å². The predicted octanol–water partition coefficient (Wildman–Crippen LogP) is 11.4. The topological polar surface area (TPSA) is 49.7 Å². The molecule has 0 atom stereocenters. The zero-order valence-corrected chi connectivity index (χ0v) is 32.4. The summed E-state index contributed by atoms with van der Waals surface area (Å²) >= 11 is 0. The molecule has 0 N–H and O–H groups in total. The van der Waals surface area contributed by atoms with Crippen LogP contribution in [0.3, 0.4) is 0 Å². The van der Waals surface area contributed by atoms with Gasteiger partial charge in [-0.2, -0.15) is 0 Å². The van der Waals surface area contributed by atoms with Crippen LogP contribution in [0, 0.1) is 6.07 Å². The minimum atomic E-state index is -0.121. The number of aromatic nitrogens is 5. The number of para-hydroxylation sites is 4. The van der Waals surface area contributed by atoms with Crippen LogP contribution < -0.4 is 4.98 Å². The van der Waals surface area contributed by atoms with Crippen LogP contribution in [0.2, 0.25) is 0 Å². The number of rotatable bonds is 4. The molecule has 0 aliphatic carbocycles. The van der Waals surface area contributed by atoms with Crippen LogP contribution in [0.15, 0.2) is 127 Å². The van der Waals surface area contributed by atoms with E-state index >= 15 is 0 Å². The van der Waals surface area contributed by atoms with Crippen LogP contribution in [0.25, 0.3) is 78.0 Å². The van der Waals surface area contributed by atoms with E-state index in [9.17, 15) is 0 Å². The summed E-state index contributed by atoms with van der Waals surface area (Å²) in [5, 5.41) is 3.39. The van der Waals surface area contributed by atoms with E-state index in [1.54, 1.807) is 0 Å². The second kappa shape index (κ2) is 12.5. The first-order chi connectivity index (χ1) is 24.5. The molecule has 9 rings (SSSR count). The van der Waals surface area contributed by atoms with Crippen LogP contribution in [0.1, 0.15) is 52.7 Å². The van der Waals surface area contributed by atoms with Gasteiger partial charge in [0.25, 0.3) is 0 Å². The Kier molecular flexibility index (Phi) is 8.11. The number of nitrogens with zero attached hydrogens (tertiary/aromatic N) is 5. The van der Waals surface area contributed by atoms with E-state index in [-0.39, 0.29) is 31.9 Å². The van der Waals surface area contributed by atoms with Gasteiger partial charge in [0, 0.05) is 16.8 Å².